The molecule has 0 fully saturated rings. The Morgan fingerprint density at radius 3 is 1.46 bits per heavy atom. The summed E-state index contributed by atoms with van der Waals surface area (Å²) in [5, 5.41) is 2.41. The Kier molecular flexibility index (Phi) is 5.49. The number of hydrogen-bond acceptors (Lipinski definition) is 1. The topological polar surface area (TPSA) is 17.3 Å². The van der Waals surface area contributed by atoms with Crippen LogP contribution in [0.5, 0.6) is 0 Å². The highest BCUT2D eigenvalue weighted by Gasteiger charge is 2.23. The van der Waals surface area contributed by atoms with E-state index >= 15 is 0 Å². The van der Waals surface area contributed by atoms with E-state index in [1.165, 1.54) is 55.3 Å². The highest BCUT2D eigenvalue weighted by molar-refractivity contribution is 6.22. The maximum atomic E-state index is 5.33. The summed E-state index contributed by atoms with van der Waals surface area (Å²) in [5.74, 6) is 0. The van der Waals surface area contributed by atoms with Crippen molar-refractivity contribution in [2.24, 2.45) is 0 Å². The normalized spacial score (nSPS) is 11.4. The molecule has 8 aromatic rings. The lowest BCUT2D eigenvalue weighted by Crippen LogP contribution is -1.95. The Balaban J connectivity index is 1.57. The van der Waals surface area contributed by atoms with Gasteiger partial charge in [0.05, 0.1) is 11.0 Å². The van der Waals surface area contributed by atoms with Crippen molar-refractivity contribution in [2.75, 3.05) is 0 Å². The fourth-order valence-electron chi connectivity index (χ4n) is 6.27. The van der Waals surface area contributed by atoms with Crippen molar-refractivity contribution >= 4 is 27.5 Å². The lowest BCUT2D eigenvalue weighted by atomic mass is 9.85. The Morgan fingerprint density at radius 1 is 0.390 bits per heavy atom. The average molecular weight is 523 g/mol. The van der Waals surface area contributed by atoms with Crippen molar-refractivity contribution in [1.82, 2.24) is 9.38 Å². The quantitative estimate of drug-likeness (QED) is 0.225. The van der Waals surface area contributed by atoms with Gasteiger partial charge in [0.15, 0.2) is 0 Å². The van der Waals surface area contributed by atoms with Gasteiger partial charge in [-0.2, -0.15) is 0 Å². The second-order valence-electron chi connectivity index (χ2n) is 10.4. The molecule has 0 aliphatic carbocycles. The minimum Gasteiger partial charge on any atom is -0.299 e. The van der Waals surface area contributed by atoms with Gasteiger partial charge in [-0.15, -0.1) is 0 Å². The molecule has 2 heteroatoms. The molecule has 0 aliphatic heterocycles. The van der Waals surface area contributed by atoms with Crippen LogP contribution < -0.4 is 0 Å². The summed E-state index contributed by atoms with van der Waals surface area (Å²) in [5.41, 5.74) is 12.6. The van der Waals surface area contributed by atoms with E-state index in [0.717, 1.165) is 16.7 Å². The SMILES string of the molecule is c1ccc(-c2ccccc2-c2c3ccccc3c(-c3ccccc3-c3ccccc3)c3c2nc2ccccn23)cc1. The molecule has 0 spiro atoms. The van der Waals surface area contributed by atoms with Gasteiger partial charge in [0.1, 0.15) is 5.65 Å². The van der Waals surface area contributed by atoms with Gasteiger partial charge < -0.3 is 0 Å². The lowest BCUT2D eigenvalue weighted by Gasteiger charge is -2.19. The van der Waals surface area contributed by atoms with Crippen LogP contribution in [0.2, 0.25) is 0 Å². The zero-order chi connectivity index (χ0) is 27.2. The van der Waals surface area contributed by atoms with Crippen LogP contribution in [0.1, 0.15) is 0 Å². The van der Waals surface area contributed by atoms with Crippen LogP contribution in [0, 0.1) is 0 Å². The maximum absolute atomic E-state index is 5.33. The third kappa shape index (κ3) is 3.76. The molecule has 0 N–H and O–H groups in total. The van der Waals surface area contributed by atoms with Gasteiger partial charge in [-0.3, -0.25) is 4.40 Å². The molecule has 2 nitrogen and oxygen atoms in total. The third-order valence-electron chi connectivity index (χ3n) is 8.03. The second-order valence-corrected chi connectivity index (χ2v) is 10.4. The van der Waals surface area contributed by atoms with E-state index in [4.69, 9.17) is 4.98 Å². The third-order valence-corrected chi connectivity index (χ3v) is 8.03. The standard InChI is InChI=1S/C39H26N2/c1-3-15-27(16-4-1)29-19-7-9-21-31(29)36-33-23-11-12-24-34(33)37(39-38(36)40-35-25-13-14-26-41(35)39)32-22-10-8-20-30(32)28-17-5-2-6-18-28/h1-26H. The average Bonchev–Trinajstić information content (AvgIpc) is 3.43. The number of benzene rings is 6. The number of aromatic nitrogens is 2. The molecule has 8 rings (SSSR count). The fraction of sp³-hybridized carbons (Fsp3) is 0. The van der Waals surface area contributed by atoms with Gasteiger partial charge >= 0.3 is 0 Å². The zero-order valence-corrected chi connectivity index (χ0v) is 22.4. The molecule has 41 heavy (non-hydrogen) atoms. The van der Waals surface area contributed by atoms with Gasteiger partial charge in [0.25, 0.3) is 0 Å². The molecule has 2 heterocycles. The highest BCUT2D eigenvalue weighted by atomic mass is 15.0. The van der Waals surface area contributed by atoms with E-state index in [-0.39, 0.29) is 0 Å². The molecule has 0 saturated carbocycles. The van der Waals surface area contributed by atoms with Crippen molar-refractivity contribution in [1.29, 1.82) is 0 Å². The molecular weight excluding hydrogens is 496 g/mol. The monoisotopic (exact) mass is 522 g/mol. The van der Waals surface area contributed by atoms with Crippen LogP contribution in [0.25, 0.3) is 72.0 Å². The summed E-state index contributed by atoms with van der Waals surface area (Å²) in [4.78, 5) is 5.33. The molecule has 6 aromatic carbocycles. The molecule has 192 valence electrons. The summed E-state index contributed by atoms with van der Waals surface area (Å²) in [7, 11) is 0. The molecule has 0 amide bonds. The molecule has 0 radical (unpaired) electrons. The van der Waals surface area contributed by atoms with Crippen molar-refractivity contribution in [3.05, 3.63) is 158 Å². The minimum atomic E-state index is 0.940. The van der Waals surface area contributed by atoms with Crippen LogP contribution in [-0.4, -0.2) is 9.38 Å². The summed E-state index contributed by atoms with van der Waals surface area (Å²) in [6.45, 7) is 0. The fourth-order valence-corrected chi connectivity index (χ4v) is 6.27. The Labute approximate surface area is 238 Å². The van der Waals surface area contributed by atoms with Gasteiger partial charge in [-0.1, -0.05) is 140 Å². The van der Waals surface area contributed by atoms with E-state index < -0.39 is 0 Å². The first-order valence-corrected chi connectivity index (χ1v) is 14.0. The van der Waals surface area contributed by atoms with Crippen molar-refractivity contribution < 1.29 is 0 Å². The zero-order valence-electron chi connectivity index (χ0n) is 22.4. The number of pyridine rings is 1. The van der Waals surface area contributed by atoms with E-state index in [2.05, 4.69) is 162 Å². The molecule has 2 aromatic heterocycles. The first kappa shape index (κ1) is 23.4. The smallest absolute Gasteiger partial charge is 0.137 e. The number of fused-ring (bicyclic) bond motifs is 4. The van der Waals surface area contributed by atoms with Crippen molar-refractivity contribution in [2.45, 2.75) is 0 Å². The van der Waals surface area contributed by atoms with Crippen LogP contribution >= 0.6 is 0 Å². The van der Waals surface area contributed by atoms with E-state index in [9.17, 15) is 0 Å². The molecular formula is C39H26N2. The van der Waals surface area contributed by atoms with Crippen LogP contribution in [0.4, 0.5) is 0 Å². The summed E-state index contributed by atoms with van der Waals surface area (Å²) in [6.07, 6.45) is 2.14. The number of hydrogen-bond donors (Lipinski definition) is 0. The molecule has 0 bridgehead atoms. The highest BCUT2D eigenvalue weighted by Crippen LogP contribution is 2.47. The summed E-state index contributed by atoms with van der Waals surface area (Å²) >= 11 is 0. The summed E-state index contributed by atoms with van der Waals surface area (Å²) < 4.78 is 2.26. The predicted molar refractivity (Wildman–Crippen MR) is 172 cm³/mol. The first-order valence-electron chi connectivity index (χ1n) is 14.0. The van der Waals surface area contributed by atoms with Gasteiger partial charge in [0.2, 0.25) is 0 Å². The second kappa shape index (κ2) is 9.62. The van der Waals surface area contributed by atoms with Crippen molar-refractivity contribution in [3.8, 4) is 44.5 Å². The Morgan fingerprint density at radius 2 is 0.854 bits per heavy atom. The largest absolute Gasteiger partial charge is 0.299 e. The lowest BCUT2D eigenvalue weighted by molar-refractivity contribution is 1.23. The van der Waals surface area contributed by atoms with E-state index in [0.29, 0.717) is 0 Å². The van der Waals surface area contributed by atoms with Crippen LogP contribution in [0.15, 0.2) is 158 Å². The molecule has 0 aliphatic rings. The van der Waals surface area contributed by atoms with Gasteiger partial charge in [-0.25, -0.2) is 4.98 Å². The molecule has 0 saturated heterocycles. The maximum Gasteiger partial charge on any atom is 0.137 e. The Hall–Kier alpha value is -5.47. The number of rotatable bonds is 4. The Bertz CT molecular complexity index is 2190. The van der Waals surface area contributed by atoms with E-state index in [1.807, 2.05) is 0 Å². The van der Waals surface area contributed by atoms with E-state index in [1.54, 1.807) is 0 Å². The van der Waals surface area contributed by atoms with Gasteiger partial charge in [0, 0.05) is 17.3 Å². The first-order chi connectivity index (χ1) is 20.4. The van der Waals surface area contributed by atoms with Gasteiger partial charge in [-0.05, 0) is 56.3 Å². The van der Waals surface area contributed by atoms with Crippen LogP contribution in [-0.2, 0) is 0 Å². The minimum absolute atomic E-state index is 0.940. The number of nitrogens with zero attached hydrogens (tertiary/aromatic N) is 2. The molecule has 0 atom stereocenters. The van der Waals surface area contributed by atoms with Crippen LogP contribution in [0.3, 0.4) is 0 Å². The summed E-state index contributed by atoms with van der Waals surface area (Å²) in [6, 6.07) is 53.9. The number of imidazole rings is 1. The van der Waals surface area contributed by atoms with Crippen molar-refractivity contribution in [3.63, 3.8) is 0 Å². The predicted octanol–water partition coefficient (Wildman–Crippen LogP) is 10.3. The molecule has 0 unspecified atom stereocenters.